The van der Waals surface area contributed by atoms with E-state index in [1.807, 2.05) is 0 Å². The van der Waals surface area contributed by atoms with Crippen LogP contribution >= 0.6 is 11.3 Å². The van der Waals surface area contributed by atoms with E-state index in [9.17, 15) is 18.3 Å². The summed E-state index contributed by atoms with van der Waals surface area (Å²) < 4.78 is 40.6. The second-order valence-corrected chi connectivity index (χ2v) is 7.52. The molecular formula is C16H17F3N6OS. The smallest absolute Gasteiger partial charge is 0.393 e. The molecule has 7 nitrogen and oxygen atoms in total. The Bertz CT molecular complexity index is 929. The molecule has 0 amide bonds. The number of rotatable bonds is 3. The fourth-order valence-electron chi connectivity index (χ4n) is 3.13. The summed E-state index contributed by atoms with van der Waals surface area (Å²) in [6.07, 6.45) is 1.28. The maximum atomic E-state index is 13.0. The molecule has 0 saturated heterocycles. The minimum absolute atomic E-state index is 0.227. The predicted octanol–water partition coefficient (Wildman–Crippen LogP) is 3.17. The van der Waals surface area contributed by atoms with Crippen molar-refractivity contribution >= 4 is 27.2 Å². The van der Waals surface area contributed by atoms with Gasteiger partial charge in [-0.05, 0) is 31.7 Å². The van der Waals surface area contributed by atoms with Crippen LogP contribution in [0.4, 0.5) is 24.1 Å². The Kier molecular flexibility index (Phi) is 4.42. The zero-order chi connectivity index (χ0) is 19.2. The maximum absolute atomic E-state index is 13.0. The van der Waals surface area contributed by atoms with Gasteiger partial charge in [-0.15, -0.1) is 5.10 Å². The molecule has 0 aromatic carbocycles. The number of imidazole rings is 1. The number of aliphatic hydroxyl groups excluding tert-OH is 1. The summed E-state index contributed by atoms with van der Waals surface area (Å²) in [6, 6.07) is 1.20. The van der Waals surface area contributed by atoms with Crippen molar-refractivity contribution in [1.82, 2.24) is 19.6 Å². The van der Waals surface area contributed by atoms with Crippen molar-refractivity contribution in [3.8, 4) is 11.3 Å². The van der Waals surface area contributed by atoms with E-state index in [2.05, 4.69) is 20.4 Å². The summed E-state index contributed by atoms with van der Waals surface area (Å²) in [5.41, 5.74) is 4.93. The van der Waals surface area contributed by atoms with E-state index >= 15 is 0 Å². The van der Waals surface area contributed by atoms with Gasteiger partial charge in [-0.1, -0.05) is 11.3 Å². The summed E-state index contributed by atoms with van der Waals surface area (Å²) in [7, 11) is 0. The van der Waals surface area contributed by atoms with Gasteiger partial charge < -0.3 is 16.2 Å². The number of nitrogens with zero attached hydrogens (tertiary/aromatic N) is 4. The average molecular weight is 398 g/mol. The second-order valence-electron chi connectivity index (χ2n) is 6.56. The Morgan fingerprint density at radius 1 is 1.26 bits per heavy atom. The van der Waals surface area contributed by atoms with Crippen LogP contribution in [0.3, 0.4) is 0 Å². The number of pyridine rings is 1. The lowest BCUT2D eigenvalue weighted by Crippen LogP contribution is -2.28. The summed E-state index contributed by atoms with van der Waals surface area (Å²) in [4.78, 5) is 8.55. The maximum Gasteiger partial charge on any atom is 0.419 e. The molecule has 0 radical (unpaired) electrons. The quantitative estimate of drug-likeness (QED) is 0.627. The highest BCUT2D eigenvalue weighted by Gasteiger charge is 2.34. The van der Waals surface area contributed by atoms with Crippen molar-refractivity contribution in [2.24, 2.45) is 0 Å². The number of halogens is 3. The molecule has 0 spiro atoms. The van der Waals surface area contributed by atoms with Crippen molar-refractivity contribution in [3.05, 3.63) is 24.0 Å². The molecule has 3 aromatic heterocycles. The molecule has 27 heavy (non-hydrogen) atoms. The molecule has 1 aliphatic carbocycles. The minimum atomic E-state index is -4.58. The van der Waals surface area contributed by atoms with Crippen LogP contribution in [0, 0.1) is 0 Å². The molecule has 3 aromatic rings. The largest absolute Gasteiger partial charge is 0.419 e. The first kappa shape index (κ1) is 18.0. The van der Waals surface area contributed by atoms with Gasteiger partial charge in [0.15, 0.2) is 0 Å². The van der Waals surface area contributed by atoms with Crippen LogP contribution < -0.4 is 11.1 Å². The second kappa shape index (κ2) is 6.64. The topological polar surface area (TPSA) is 101 Å². The van der Waals surface area contributed by atoms with Crippen LogP contribution in [0.15, 0.2) is 18.5 Å². The van der Waals surface area contributed by atoms with E-state index in [1.165, 1.54) is 22.0 Å². The number of nitrogens with one attached hydrogen (secondary N) is 1. The predicted molar refractivity (Wildman–Crippen MR) is 95.4 cm³/mol. The first-order valence-corrected chi connectivity index (χ1v) is 9.25. The standard InChI is InChI=1S/C16H17F3N6OS/c17-16(18,19)11-5-8(6-21-13(11)20)12-7-25-15(23-12)27-14(24-25)22-9-1-3-10(26)4-2-9/h5-7,9-10,26H,1-4H2,(H2,20,21)(H,22,24). The van der Waals surface area contributed by atoms with Crippen molar-refractivity contribution < 1.29 is 18.3 Å². The Labute approximate surface area is 156 Å². The minimum Gasteiger partial charge on any atom is -0.393 e. The van der Waals surface area contributed by atoms with E-state index in [1.54, 1.807) is 6.20 Å². The number of hydrogen-bond donors (Lipinski definition) is 3. The Balaban J connectivity index is 1.56. The van der Waals surface area contributed by atoms with Gasteiger partial charge in [-0.25, -0.2) is 14.5 Å². The Morgan fingerprint density at radius 3 is 2.67 bits per heavy atom. The van der Waals surface area contributed by atoms with E-state index < -0.39 is 17.6 Å². The summed E-state index contributed by atoms with van der Waals surface area (Å²) in [5, 5.41) is 18.0. The zero-order valence-electron chi connectivity index (χ0n) is 14.1. The molecule has 4 rings (SSSR count). The van der Waals surface area contributed by atoms with Gasteiger partial charge in [-0.3, -0.25) is 0 Å². The van der Waals surface area contributed by atoms with Crippen molar-refractivity contribution in [2.75, 3.05) is 11.1 Å². The van der Waals surface area contributed by atoms with Crippen LogP contribution in [0.1, 0.15) is 31.2 Å². The number of aliphatic hydroxyl groups is 1. The van der Waals surface area contributed by atoms with Gasteiger partial charge >= 0.3 is 6.18 Å². The molecule has 144 valence electrons. The molecule has 0 unspecified atom stereocenters. The third kappa shape index (κ3) is 3.69. The first-order valence-electron chi connectivity index (χ1n) is 8.43. The van der Waals surface area contributed by atoms with Crippen LogP contribution in [-0.4, -0.2) is 36.8 Å². The van der Waals surface area contributed by atoms with Crippen molar-refractivity contribution in [3.63, 3.8) is 0 Å². The molecule has 11 heteroatoms. The third-order valence-electron chi connectivity index (χ3n) is 4.59. The van der Waals surface area contributed by atoms with E-state index in [-0.39, 0.29) is 17.7 Å². The molecule has 1 fully saturated rings. The lowest BCUT2D eigenvalue weighted by Gasteiger charge is -2.25. The molecule has 1 aliphatic rings. The first-order chi connectivity index (χ1) is 12.8. The molecule has 3 heterocycles. The number of hydrogen-bond acceptors (Lipinski definition) is 7. The van der Waals surface area contributed by atoms with Crippen molar-refractivity contribution in [2.45, 2.75) is 44.0 Å². The molecular weight excluding hydrogens is 381 g/mol. The average Bonchev–Trinajstić information content (AvgIpc) is 3.15. The van der Waals surface area contributed by atoms with Gasteiger partial charge in [0, 0.05) is 17.8 Å². The SMILES string of the molecule is Nc1ncc(-c2cn3nc(NC4CCC(O)CC4)sc3n2)cc1C(F)(F)F. The van der Waals surface area contributed by atoms with Crippen LogP contribution in [0.25, 0.3) is 16.2 Å². The Morgan fingerprint density at radius 2 is 2.00 bits per heavy atom. The number of anilines is 2. The van der Waals surface area contributed by atoms with Crippen molar-refractivity contribution in [1.29, 1.82) is 0 Å². The molecule has 0 aliphatic heterocycles. The zero-order valence-corrected chi connectivity index (χ0v) is 14.9. The van der Waals surface area contributed by atoms with E-state index in [0.717, 1.165) is 31.7 Å². The normalized spacial score (nSPS) is 20.9. The lowest BCUT2D eigenvalue weighted by atomic mass is 9.93. The van der Waals surface area contributed by atoms with Gasteiger partial charge in [0.2, 0.25) is 10.1 Å². The fraction of sp³-hybridized carbons (Fsp3) is 0.438. The summed E-state index contributed by atoms with van der Waals surface area (Å²) in [5.74, 6) is -0.561. The number of fused-ring (bicyclic) bond motifs is 1. The number of nitrogens with two attached hydrogens (primary N) is 1. The summed E-state index contributed by atoms with van der Waals surface area (Å²) in [6.45, 7) is 0. The van der Waals surface area contributed by atoms with Gasteiger partial charge in [0.05, 0.1) is 23.6 Å². The Hall–Kier alpha value is -2.40. The van der Waals surface area contributed by atoms with E-state index in [0.29, 0.717) is 15.8 Å². The molecule has 1 saturated carbocycles. The highest BCUT2D eigenvalue weighted by molar-refractivity contribution is 7.20. The number of nitrogen functional groups attached to an aromatic ring is 1. The number of aromatic nitrogens is 4. The van der Waals surface area contributed by atoms with Gasteiger partial charge in [0.1, 0.15) is 5.82 Å². The third-order valence-corrected chi connectivity index (χ3v) is 5.44. The molecule has 4 N–H and O–H groups in total. The highest BCUT2D eigenvalue weighted by atomic mass is 32.1. The highest BCUT2D eigenvalue weighted by Crippen LogP contribution is 2.35. The molecule has 0 atom stereocenters. The van der Waals surface area contributed by atoms with Crippen LogP contribution in [-0.2, 0) is 6.18 Å². The summed E-state index contributed by atoms with van der Waals surface area (Å²) >= 11 is 1.32. The van der Waals surface area contributed by atoms with Gasteiger partial charge in [-0.2, -0.15) is 13.2 Å². The fourth-order valence-corrected chi connectivity index (χ4v) is 3.99. The monoisotopic (exact) mass is 398 g/mol. The van der Waals surface area contributed by atoms with Crippen LogP contribution in [0.5, 0.6) is 0 Å². The van der Waals surface area contributed by atoms with Crippen LogP contribution in [0.2, 0.25) is 0 Å². The number of alkyl halides is 3. The lowest BCUT2D eigenvalue weighted by molar-refractivity contribution is -0.137. The van der Waals surface area contributed by atoms with Gasteiger partial charge in [0.25, 0.3) is 0 Å². The molecule has 0 bridgehead atoms. The van der Waals surface area contributed by atoms with E-state index in [4.69, 9.17) is 5.73 Å².